The highest BCUT2D eigenvalue weighted by Crippen LogP contribution is 2.30. The number of carbonyl (C=O) groups is 1. The van der Waals surface area contributed by atoms with E-state index in [0.717, 1.165) is 25.7 Å². The van der Waals surface area contributed by atoms with Gasteiger partial charge in [0.1, 0.15) is 0 Å². The molecule has 0 saturated heterocycles. The maximum absolute atomic E-state index is 11.0. The minimum Gasteiger partial charge on any atom is -0.463 e. The summed E-state index contributed by atoms with van der Waals surface area (Å²) in [5.74, 6) is -0.322. The molecule has 0 aromatic rings. The van der Waals surface area contributed by atoms with E-state index in [1.54, 1.807) is 13.0 Å². The molecule has 0 unspecified atom stereocenters. The van der Waals surface area contributed by atoms with Gasteiger partial charge in [-0.25, -0.2) is 4.79 Å². The summed E-state index contributed by atoms with van der Waals surface area (Å²) in [4.78, 5) is 11.0. The Morgan fingerprint density at radius 1 is 1.40 bits per heavy atom. The molecule has 0 amide bonds. The van der Waals surface area contributed by atoms with Crippen molar-refractivity contribution in [3.63, 3.8) is 0 Å². The Bertz CT molecular complexity index is 227. The second kappa shape index (κ2) is 5.91. The highest BCUT2D eigenvalue weighted by molar-refractivity contribution is 5.81. The van der Waals surface area contributed by atoms with Crippen LogP contribution in [0.1, 0.15) is 45.4 Å². The summed E-state index contributed by atoms with van der Waals surface area (Å²) in [5, 5.41) is 10.1. The Kier molecular flexibility index (Phi) is 4.82. The van der Waals surface area contributed by atoms with E-state index in [9.17, 15) is 9.90 Å². The standard InChI is InChI=1S/C12H20O3/c1-2-15-11(13)7-6-10-12(14)8-4-3-5-9-12/h6-7,14H,2-5,8-10H2,1H3. The summed E-state index contributed by atoms with van der Waals surface area (Å²) in [7, 11) is 0. The van der Waals surface area contributed by atoms with Crippen molar-refractivity contribution >= 4 is 5.97 Å². The maximum Gasteiger partial charge on any atom is 0.330 e. The molecule has 0 bridgehead atoms. The monoisotopic (exact) mass is 212 g/mol. The molecule has 1 aliphatic carbocycles. The fourth-order valence-electron chi connectivity index (χ4n) is 1.98. The number of rotatable bonds is 4. The molecule has 1 saturated carbocycles. The number of esters is 1. The predicted molar refractivity (Wildman–Crippen MR) is 58.4 cm³/mol. The van der Waals surface area contributed by atoms with Gasteiger partial charge in [0.05, 0.1) is 12.2 Å². The van der Waals surface area contributed by atoms with E-state index in [1.165, 1.54) is 12.5 Å². The SMILES string of the molecule is CCOC(=O)C=CCC1(O)CCCCC1. The van der Waals surface area contributed by atoms with E-state index in [4.69, 9.17) is 4.74 Å². The van der Waals surface area contributed by atoms with Crippen molar-refractivity contribution in [2.45, 2.75) is 51.0 Å². The number of hydrogen-bond acceptors (Lipinski definition) is 3. The minimum atomic E-state index is -0.582. The lowest BCUT2D eigenvalue weighted by Crippen LogP contribution is -2.30. The van der Waals surface area contributed by atoms with Crippen molar-refractivity contribution in [2.75, 3.05) is 6.61 Å². The topological polar surface area (TPSA) is 46.5 Å². The van der Waals surface area contributed by atoms with Crippen molar-refractivity contribution in [1.29, 1.82) is 0 Å². The summed E-state index contributed by atoms with van der Waals surface area (Å²) in [6.07, 6.45) is 8.78. The Morgan fingerprint density at radius 3 is 2.67 bits per heavy atom. The molecule has 0 atom stereocenters. The van der Waals surface area contributed by atoms with Crippen molar-refractivity contribution in [3.8, 4) is 0 Å². The predicted octanol–water partition coefficient (Wildman–Crippen LogP) is 2.19. The molecule has 3 nitrogen and oxygen atoms in total. The highest BCUT2D eigenvalue weighted by Gasteiger charge is 2.27. The Labute approximate surface area is 91.1 Å². The minimum absolute atomic E-state index is 0.322. The molecule has 0 aromatic carbocycles. The fourth-order valence-corrected chi connectivity index (χ4v) is 1.98. The average Bonchev–Trinajstić information content (AvgIpc) is 2.19. The summed E-state index contributed by atoms with van der Waals surface area (Å²) in [5.41, 5.74) is -0.582. The first kappa shape index (κ1) is 12.2. The fraction of sp³-hybridized carbons (Fsp3) is 0.750. The van der Waals surface area contributed by atoms with Crippen molar-refractivity contribution in [3.05, 3.63) is 12.2 Å². The van der Waals surface area contributed by atoms with Crippen LogP contribution in [0.15, 0.2) is 12.2 Å². The summed E-state index contributed by atoms with van der Waals surface area (Å²) >= 11 is 0. The quantitative estimate of drug-likeness (QED) is 0.574. The molecule has 0 aromatic heterocycles. The molecule has 1 fully saturated rings. The van der Waals surface area contributed by atoms with Crippen LogP contribution in [-0.4, -0.2) is 23.3 Å². The zero-order chi connectivity index (χ0) is 11.1. The van der Waals surface area contributed by atoms with Crippen LogP contribution in [0.2, 0.25) is 0 Å². The van der Waals surface area contributed by atoms with E-state index in [1.807, 2.05) is 0 Å². The molecule has 0 aliphatic heterocycles. The first-order valence-electron chi connectivity index (χ1n) is 5.72. The molecular formula is C12H20O3. The molecule has 1 rings (SSSR count). The van der Waals surface area contributed by atoms with E-state index < -0.39 is 5.60 Å². The number of ether oxygens (including phenoxy) is 1. The normalized spacial score (nSPS) is 20.4. The molecule has 1 aliphatic rings. The smallest absolute Gasteiger partial charge is 0.330 e. The van der Waals surface area contributed by atoms with Gasteiger partial charge >= 0.3 is 5.97 Å². The van der Waals surface area contributed by atoms with Gasteiger partial charge in [-0.1, -0.05) is 25.3 Å². The Morgan fingerprint density at radius 2 is 2.07 bits per heavy atom. The van der Waals surface area contributed by atoms with Gasteiger partial charge in [0.2, 0.25) is 0 Å². The van der Waals surface area contributed by atoms with Crippen LogP contribution < -0.4 is 0 Å². The van der Waals surface area contributed by atoms with Crippen molar-refractivity contribution in [2.24, 2.45) is 0 Å². The van der Waals surface area contributed by atoms with Gasteiger partial charge in [0, 0.05) is 6.08 Å². The zero-order valence-electron chi connectivity index (χ0n) is 9.37. The summed E-state index contributed by atoms with van der Waals surface area (Å²) in [6, 6.07) is 0. The highest BCUT2D eigenvalue weighted by atomic mass is 16.5. The van der Waals surface area contributed by atoms with Crippen LogP contribution in [0.5, 0.6) is 0 Å². The molecule has 15 heavy (non-hydrogen) atoms. The van der Waals surface area contributed by atoms with E-state index in [0.29, 0.717) is 13.0 Å². The van der Waals surface area contributed by atoms with E-state index in [2.05, 4.69) is 0 Å². The maximum atomic E-state index is 11.0. The van der Waals surface area contributed by atoms with Gasteiger partial charge in [-0.15, -0.1) is 0 Å². The van der Waals surface area contributed by atoms with Gasteiger partial charge in [-0.3, -0.25) is 0 Å². The molecular weight excluding hydrogens is 192 g/mol. The largest absolute Gasteiger partial charge is 0.463 e. The van der Waals surface area contributed by atoms with Crippen LogP contribution in [-0.2, 0) is 9.53 Å². The molecule has 3 heteroatoms. The van der Waals surface area contributed by atoms with E-state index >= 15 is 0 Å². The molecule has 86 valence electrons. The molecule has 0 radical (unpaired) electrons. The lowest BCUT2D eigenvalue weighted by atomic mass is 9.82. The van der Waals surface area contributed by atoms with Crippen molar-refractivity contribution in [1.82, 2.24) is 0 Å². The van der Waals surface area contributed by atoms with Crippen molar-refractivity contribution < 1.29 is 14.6 Å². The third-order valence-corrected chi connectivity index (χ3v) is 2.82. The number of hydrogen-bond donors (Lipinski definition) is 1. The molecule has 0 heterocycles. The van der Waals surface area contributed by atoms with E-state index in [-0.39, 0.29) is 5.97 Å². The van der Waals surface area contributed by atoms with Crippen LogP contribution >= 0.6 is 0 Å². The molecule has 1 N–H and O–H groups in total. The van der Waals surface area contributed by atoms with Gasteiger partial charge in [-0.2, -0.15) is 0 Å². The number of aliphatic hydroxyl groups is 1. The van der Waals surface area contributed by atoms with Crippen LogP contribution in [0.4, 0.5) is 0 Å². The lowest BCUT2D eigenvalue weighted by Gasteiger charge is -2.30. The third kappa shape index (κ3) is 4.47. The van der Waals surface area contributed by atoms with Gasteiger partial charge in [0.15, 0.2) is 0 Å². The van der Waals surface area contributed by atoms with Gasteiger partial charge < -0.3 is 9.84 Å². The second-order valence-electron chi connectivity index (χ2n) is 4.14. The third-order valence-electron chi connectivity index (χ3n) is 2.82. The van der Waals surface area contributed by atoms with Gasteiger partial charge in [-0.05, 0) is 26.2 Å². The Balaban J connectivity index is 2.31. The van der Waals surface area contributed by atoms with Crippen LogP contribution in [0.3, 0.4) is 0 Å². The summed E-state index contributed by atoms with van der Waals surface area (Å²) < 4.78 is 4.76. The lowest BCUT2D eigenvalue weighted by molar-refractivity contribution is -0.137. The second-order valence-corrected chi connectivity index (χ2v) is 4.14. The first-order valence-corrected chi connectivity index (χ1v) is 5.72. The average molecular weight is 212 g/mol. The summed E-state index contributed by atoms with van der Waals surface area (Å²) in [6.45, 7) is 2.17. The van der Waals surface area contributed by atoms with Gasteiger partial charge in [0.25, 0.3) is 0 Å². The van der Waals surface area contributed by atoms with Crippen LogP contribution in [0.25, 0.3) is 0 Å². The zero-order valence-corrected chi connectivity index (χ0v) is 9.37. The van der Waals surface area contributed by atoms with Crippen LogP contribution in [0, 0.1) is 0 Å². The number of carbonyl (C=O) groups excluding carboxylic acids is 1. The Hall–Kier alpha value is -0.830. The molecule has 0 spiro atoms. The first-order chi connectivity index (χ1) is 7.16.